The van der Waals surface area contributed by atoms with Crippen LogP contribution in [0.25, 0.3) is 0 Å². The van der Waals surface area contributed by atoms with Gasteiger partial charge >= 0.3 is 0 Å². The molecule has 0 unspecified atom stereocenters. The van der Waals surface area contributed by atoms with Gasteiger partial charge in [-0.25, -0.2) is 13.1 Å². The van der Waals surface area contributed by atoms with E-state index < -0.39 is 10.0 Å². The number of fused-ring (bicyclic) bond motifs is 1. The van der Waals surface area contributed by atoms with Gasteiger partial charge in [0.2, 0.25) is 10.0 Å². The summed E-state index contributed by atoms with van der Waals surface area (Å²) in [6, 6.07) is 0.270. The van der Waals surface area contributed by atoms with Gasteiger partial charge in [-0.15, -0.1) is 0 Å². The molecule has 7 nitrogen and oxygen atoms in total. The van der Waals surface area contributed by atoms with Gasteiger partial charge in [0.15, 0.2) is 0 Å². The van der Waals surface area contributed by atoms with E-state index in [-0.39, 0.29) is 17.0 Å². The minimum atomic E-state index is -3.49. The van der Waals surface area contributed by atoms with Gasteiger partial charge in [-0.3, -0.25) is 9.58 Å². The summed E-state index contributed by atoms with van der Waals surface area (Å²) in [6.07, 6.45) is 3.99. The molecule has 2 aliphatic rings. The fourth-order valence-corrected chi connectivity index (χ4v) is 4.26. The van der Waals surface area contributed by atoms with Crippen molar-refractivity contribution >= 4 is 10.0 Å². The molecule has 21 heavy (non-hydrogen) atoms. The van der Waals surface area contributed by atoms with Crippen LogP contribution in [0.15, 0.2) is 17.3 Å². The number of ether oxygens (including phenoxy) is 1. The average Bonchev–Trinajstić information content (AvgIpc) is 3.03. The third kappa shape index (κ3) is 3.13. The van der Waals surface area contributed by atoms with Crippen molar-refractivity contribution < 1.29 is 13.2 Å². The fourth-order valence-electron chi connectivity index (χ4n) is 3.07. The summed E-state index contributed by atoms with van der Waals surface area (Å²) in [5.74, 6) is 0. The van der Waals surface area contributed by atoms with E-state index >= 15 is 0 Å². The zero-order valence-corrected chi connectivity index (χ0v) is 13.2. The third-order valence-electron chi connectivity index (χ3n) is 4.16. The molecule has 2 aliphatic heterocycles. The van der Waals surface area contributed by atoms with Crippen molar-refractivity contribution in [1.29, 1.82) is 0 Å². The molecule has 0 bridgehead atoms. The molecule has 1 aromatic heterocycles. The molecule has 3 atom stereocenters. The van der Waals surface area contributed by atoms with Gasteiger partial charge in [-0.05, 0) is 20.3 Å². The largest absolute Gasteiger partial charge is 0.376 e. The summed E-state index contributed by atoms with van der Waals surface area (Å²) in [5.41, 5.74) is 0. The van der Waals surface area contributed by atoms with Crippen molar-refractivity contribution in [3.8, 4) is 0 Å². The van der Waals surface area contributed by atoms with Gasteiger partial charge < -0.3 is 4.74 Å². The first kappa shape index (κ1) is 15.0. The van der Waals surface area contributed by atoms with Crippen LogP contribution in [0, 0.1) is 0 Å². The van der Waals surface area contributed by atoms with E-state index in [1.807, 2.05) is 13.8 Å². The van der Waals surface area contributed by atoms with Crippen molar-refractivity contribution in [2.75, 3.05) is 19.7 Å². The first-order chi connectivity index (χ1) is 9.98. The lowest BCUT2D eigenvalue weighted by molar-refractivity contribution is -0.0390. The fraction of sp³-hybridized carbons (Fsp3) is 0.769. The van der Waals surface area contributed by atoms with Crippen LogP contribution in [0.2, 0.25) is 0 Å². The lowest BCUT2D eigenvalue weighted by atomic mass is 10.2. The normalized spacial score (nSPS) is 30.5. The highest BCUT2D eigenvalue weighted by Gasteiger charge is 2.38. The molecule has 2 saturated heterocycles. The lowest BCUT2D eigenvalue weighted by Gasteiger charge is -2.33. The maximum absolute atomic E-state index is 12.4. The summed E-state index contributed by atoms with van der Waals surface area (Å²) >= 11 is 0. The number of morpholine rings is 1. The van der Waals surface area contributed by atoms with Gasteiger partial charge in [-0.1, -0.05) is 0 Å². The van der Waals surface area contributed by atoms with Crippen LogP contribution in [-0.4, -0.2) is 61.0 Å². The number of aryl methyl sites for hydroxylation is 1. The number of hydrogen-bond donors (Lipinski definition) is 1. The first-order valence-corrected chi connectivity index (χ1v) is 8.86. The van der Waals surface area contributed by atoms with Crippen molar-refractivity contribution in [3.05, 3.63) is 12.4 Å². The predicted octanol–water partition coefficient (Wildman–Crippen LogP) is 0.0429. The van der Waals surface area contributed by atoms with Crippen molar-refractivity contribution in [2.45, 2.75) is 49.9 Å². The van der Waals surface area contributed by atoms with E-state index in [0.29, 0.717) is 19.2 Å². The smallest absolute Gasteiger partial charge is 0.243 e. The second-order valence-electron chi connectivity index (χ2n) is 5.84. The Balaban J connectivity index is 1.66. The quantitative estimate of drug-likeness (QED) is 0.849. The van der Waals surface area contributed by atoms with Crippen LogP contribution in [0.1, 0.15) is 20.3 Å². The zero-order chi connectivity index (χ0) is 15.0. The number of hydrogen-bond acceptors (Lipinski definition) is 5. The summed E-state index contributed by atoms with van der Waals surface area (Å²) in [4.78, 5) is 2.55. The predicted molar refractivity (Wildman–Crippen MR) is 77.4 cm³/mol. The highest BCUT2D eigenvalue weighted by Crippen LogP contribution is 2.24. The standard InChI is InChI=1S/C13H22N4O3S/c1-3-17-8-13(5-14-17)21(18,19)15-11-4-12-9-20-10(2)6-16(12)7-11/h5,8,10-12,15H,3-4,6-7,9H2,1-2H3/t10-,11+,12-/m0/s1. The second kappa shape index (κ2) is 5.68. The van der Waals surface area contributed by atoms with E-state index in [4.69, 9.17) is 4.74 Å². The van der Waals surface area contributed by atoms with E-state index in [1.165, 1.54) is 6.20 Å². The Labute approximate surface area is 125 Å². The molecule has 1 aromatic rings. The monoisotopic (exact) mass is 314 g/mol. The molecule has 0 spiro atoms. The van der Waals surface area contributed by atoms with Crippen molar-refractivity contribution in [1.82, 2.24) is 19.4 Å². The Bertz CT molecular complexity index is 600. The molecular formula is C13H22N4O3S. The second-order valence-corrected chi connectivity index (χ2v) is 7.55. The molecule has 118 valence electrons. The van der Waals surface area contributed by atoms with Gasteiger partial charge in [0.05, 0.1) is 18.9 Å². The van der Waals surface area contributed by atoms with Gasteiger partial charge in [0, 0.05) is 37.9 Å². The summed E-state index contributed by atoms with van der Waals surface area (Å²) < 4.78 is 34.8. The molecular weight excluding hydrogens is 292 g/mol. The molecule has 2 fully saturated rings. The molecule has 3 heterocycles. The zero-order valence-electron chi connectivity index (χ0n) is 12.4. The average molecular weight is 314 g/mol. The maximum atomic E-state index is 12.4. The van der Waals surface area contributed by atoms with Gasteiger partial charge in [0.1, 0.15) is 4.90 Å². The summed E-state index contributed by atoms with van der Waals surface area (Å²) in [5, 5.41) is 4.02. The van der Waals surface area contributed by atoms with E-state index in [0.717, 1.165) is 19.5 Å². The van der Waals surface area contributed by atoms with Crippen LogP contribution < -0.4 is 4.72 Å². The van der Waals surface area contributed by atoms with Crippen LogP contribution in [0.4, 0.5) is 0 Å². The third-order valence-corrected chi connectivity index (χ3v) is 5.63. The SMILES string of the molecule is CCn1cc(S(=O)(=O)N[C@@H]2C[C@H]3CO[C@@H](C)CN3C2)cn1. The van der Waals surface area contributed by atoms with E-state index in [2.05, 4.69) is 14.7 Å². The lowest BCUT2D eigenvalue weighted by Crippen LogP contribution is -2.45. The molecule has 8 heteroatoms. The van der Waals surface area contributed by atoms with Crippen LogP contribution in [0.3, 0.4) is 0 Å². The molecule has 0 radical (unpaired) electrons. The molecule has 0 amide bonds. The Kier molecular flexibility index (Phi) is 4.04. The van der Waals surface area contributed by atoms with Crippen LogP contribution in [-0.2, 0) is 21.3 Å². The van der Waals surface area contributed by atoms with E-state index in [1.54, 1.807) is 10.9 Å². The molecule has 0 saturated carbocycles. The number of rotatable bonds is 4. The van der Waals surface area contributed by atoms with Crippen LogP contribution >= 0.6 is 0 Å². The molecule has 3 rings (SSSR count). The Hall–Kier alpha value is -0.960. The Morgan fingerprint density at radius 1 is 1.48 bits per heavy atom. The number of nitrogens with one attached hydrogen (secondary N) is 1. The minimum Gasteiger partial charge on any atom is -0.376 e. The highest BCUT2D eigenvalue weighted by atomic mass is 32.2. The maximum Gasteiger partial charge on any atom is 0.243 e. The molecule has 1 N–H and O–H groups in total. The number of nitrogens with zero attached hydrogens (tertiary/aromatic N) is 3. The minimum absolute atomic E-state index is 0.0566. The first-order valence-electron chi connectivity index (χ1n) is 7.38. The Morgan fingerprint density at radius 3 is 3.00 bits per heavy atom. The topological polar surface area (TPSA) is 76.5 Å². The number of aromatic nitrogens is 2. The highest BCUT2D eigenvalue weighted by molar-refractivity contribution is 7.89. The van der Waals surface area contributed by atoms with Crippen molar-refractivity contribution in [3.63, 3.8) is 0 Å². The van der Waals surface area contributed by atoms with Crippen molar-refractivity contribution in [2.24, 2.45) is 0 Å². The van der Waals surface area contributed by atoms with Gasteiger partial charge in [0.25, 0.3) is 0 Å². The van der Waals surface area contributed by atoms with E-state index in [9.17, 15) is 8.42 Å². The van der Waals surface area contributed by atoms with Gasteiger partial charge in [-0.2, -0.15) is 5.10 Å². The van der Waals surface area contributed by atoms with Crippen LogP contribution in [0.5, 0.6) is 0 Å². The number of sulfonamides is 1. The Morgan fingerprint density at radius 2 is 2.29 bits per heavy atom. The summed E-state index contributed by atoms with van der Waals surface area (Å²) in [7, 11) is -3.49. The summed E-state index contributed by atoms with van der Waals surface area (Å²) in [6.45, 7) is 6.94. The molecule has 0 aliphatic carbocycles. The molecule has 0 aromatic carbocycles.